The van der Waals surface area contributed by atoms with Crippen LogP contribution in [0.5, 0.6) is 11.5 Å². The predicted octanol–water partition coefficient (Wildman–Crippen LogP) is 4.59. The number of hydrogen-bond donors (Lipinski definition) is 1. The van der Waals surface area contributed by atoms with Gasteiger partial charge in [-0.05, 0) is 45.7 Å². The van der Waals surface area contributed by atoms with E-state index in [4.69, 9.17) is 14.2 Å². The molecule has 0 bridgehead atoms. The Bertz CT molecular complexity index is 830. The molecule has 29 heavy (non-hydrogen) atoms. The zero-order chi connectivity index (χ0) is 21.6. The van der Waals surface area contributed by atoms with E-state index in [0.29, 0.717) is 17.9 Å². The van der Waals surface area contributed by atoms with E-state index in [0.717, 1.165) is 24.2 Å². The first-order valence-corrected chi connectivity index (χ1v) is 10.2. The molecule has 6 nitrogen and oxygen atoms in total. The lowest BCUT2D eigenvalue weighted by Crippen LogP contribution is -2.71. The molecule has 1 amide bonds. The molecular formula is C23H32N2O4. The molecule has 1 N–H and O–H groups in total. The Balaban J connectivity index is 1.81. The third kappa shape index (κ3) is 3.88. The highest BCUT2D eigenvalue weighted by Gasteiger charge is 2.66. The number of hydrogen-bond acceptors (Lipinski definition) is 5. The topological polar surface area (TPSA) is 80.6 Å². The summed E-state index contributed by atoms with van der Waals surface area (Å²) < 4.78 is 18.1. The van der Waals surface area contributed by atoms with Gasteiger partial charge in [0.25, 0.3) is 0 Å². The van der Waals surface area contributed by atoms with Gasteiger partial charge in [-0.15, -0.1) is 0 Å². The molecule has 6 heteroatoms. The van der Waals surface area contributed by atoms with Crippen LogP contribution in [-0.2, 0) is 11.2 Å². The number of carbonyl (C=O) groups is 1. The lowest BCUT2D eigenvalue weighted by Gasteiger charge is -2.61. The molecule has 0 radical (unpaired) electrons. The second-order valence-electron chi connectivity index (χ2n) is 10.3. The van der Waals surface area contributed by atoms with Gasteiger partial charge in [0.15, 0.2) is 0 Å². The molecule has 3 rings (SSSR count). The van der Waals surface area contributed by atoms with Gasteiger partial charge in [-0.25, -0.2) is 4.79 Å². The molecular weight excluding hydrogens is 368 g/mol. The van der Waals surface area contributed by atoms with Gasteiger partial charge in [0, 0.05) is 21.9 Å². The zero-order valence-corrected chi connectivity index (χ0v) is 18.5. The summed E-state index contributed by atoms with van der Waals surface area (Å²) in [4.78, 5) is 12.3. The summed E-state index contributed by atoms with van der Waals surface area (Å²) in [5.74, 6) is 1.39. The molecule has 1 aliphatic carbocycles. The number of ether oxygens (including phenoxy) is 3. The van der Waals surface area contributed by atoms with Crippen molar-refractivity contribution in [2.45, 2.75) is 79.1 Å². The molecule has 158 valence electrons. The average molecular weight is 401 g/mol. The summed E-state index contributed by atoms with van der Waals surface area (Å²) in [5.41, 5.74) is 0.410. The van der Waals surface area contributed by atoms with Crippen molar-refractivity contribution < 1.29 is 19.0 Å². The Morgan fingerprint density at radius 2 is 1.86 bits per heavy atom. The fourth-order valence-electron chi connectivity index (χ4n) is 4.91. The minimum absolute atomic E-state index is 0.151. The number of carbonyl (C=O) groups excluding carboxylic acids is 1. The number of amides is 1. The van der Waals surface area contributed by atoms with Crippen LogP contribution >= 0.6 is 0 Å². The van der Waals surface area contributed by atoms with E-state index < -0.39 is 6.09 Å². The van der Waals surface area contributed by atoms with E-state index in [1.165, 1.54) is 0 Å². The standard InChI is InChI=1S/C23H32N2O4/c1-21(2,3)25-20(26)29-19-22(4,5)18(23(19,6)7)28-16-11-10-14(13-24)17-15(16)9-8-12-27-17/h10-11,18-19H,8-9,12H2,1-7H3,(H,25,26). The third-order valence-electron chi connectivity index (χ3n) is 5.81. The molecule has 1 aliphatic heterocycles. The largest absolute Gasteiger partial charge is 0.492 e. The molecule has 0 unspecified atom stereocenters. The number of nitrogens with one attached hydrogen (secondary N) is 1. The van der Waals surface area contributed by atoms with Crippen LogP contribution in [0, 0.1) is 22.2 Å². The van der Waals surface area contributed by atoms with Crippen LogP contribution in [0.15, 0.2) is 12.1 Å². The van der Waals surface area contributed by atoms with Crippen molar-refractivity contribution in [3.05, 3.63) is 23.3 Å². The van der Waals surface area contributed by atoms with Crippen molar-refractivity contribution in [2.75, 3.05) is 6.61 Å². The second-order valence-corrected chi connectivity index (χ2v) is 10.3. The molecule has 1 aromatic carbocycles. The van der Waals surface area contributed by atoms with Crippen molar-refractivity contribution in [3.8, 4) is 17.6 Å². The Kier molecular flexibility index (Phi) is 5.23. The summed E-state index contributed by atoms with van der Waals surface area (Å²) in [6.07, 6.45) is 0.872. The monoisotopic (exact) mass is 400 g/mol. The Morgan fingerprint density at radius 1 is 1.21 bits per heavy atom. The third-order valence-corrected chi connectivity index (χ3v) is 5.81. The summed E-state index contributed by atoms with van der Waals surface area (Å²) in [6.45, 7) is 14.6. The SMILES string of the molecule is CC(C)(C)NC(=O)OC1C(C)(C)C(Oc2ccc(C#N)c3c2CCCO3)C1(C)C. The Hall–Kier alpha value is -2.42. The van der Waals surface area contributed by atoms with Crippen LogP contribution in [0.4, 0.5) is 4.79 Å². The van der Waals surface area contributed by atoms with Crippen molar-refractivity contribution >= 4 is 6.09 Å². The quantitative estimate of drug-likeness (QED) is 0.803. The first kappa shape index (κ1) is 21.3. The van der Waals surface area contributed by atoms with Crippen LogP contribution in [-0.4, -0.2) is 30.4 Å². The average Bonchev–Trinajstić information content (AvgIpc) is 2.62. The Labute approximate surface area is 173 Å². The smallest absolute Gasteiger partial charge is 0.407 e. The lowest BCUT2D eigenvalue weighted by molar-refractivity contribution is -0.235. The van der Waals surface area contributed by atoms with Crippen molar-refractivity contribution in [1.82, 2.24) is 5.32 Å². The van der Waals surface area contributed by atoms with Crippen molar-refractivity contribution in [1.29, 1.82) is 5.26 Å². The van der Waals surface area contributed by atoms with Crippen LogP contribution in [0.25, 0.3) is 0 Å². The number of fused-ring (bicyclic) bond motifs is 1. The van der Waals surface area contributed by atoms with Gasteiger partial charge in [0.2, 0.25) is 0 Å². The first-order valence-electron chi connectivity index (χ1n) is 10.2. The highest BCUT2D eigenvalue weighted by atomic mass is 16.6. The number of benzene rings is 1. The van der Waals surface area contributed by atoms with Crippen LogP contribution in [0.1, 0.15) is 66.0 Å². The molecule has 0 spiro atoms. The summed E-state index contributed by atoms with van der Waals surface area (Å²) in [6, 6.07) is 5.81. The maximum atomic E-state index is 12.3. The van der Waals surface area contributed by atoms with E-state index in [2.05, 4.69) is 39.1 Å². The highest BCUT2D eigenvalue weighted by molar-refractivity contribution is 5.68. The van der Waals surface area contributed by atoms with Gasteiger partial charge in [0.1, 0.15) is 29.8 Å². The van der Waals surface area contributed by atoms with E-state index in [9.17, 15) is 10.1 Å². The molecule has 1 fully saturated rings. The normalized spacial score (nSPS) is 24.2. The minimum atomic E-state index is -0.411. The van der Waals surface area contributed by atoms with Crippen LogP contribution in [0.3, 0.4) is 0 Å². The van der Waals surface area contributed by atoms with Gasteiger partial charge in [-0.1, -0.05) is 27.7 Å². The van der Waals surface area contributed by atoms with Gasteiger partial charge >= 0.3 is 6.09 Å². The first-order chi connectivity index (χ1) is 13.4. The summed E-state index contributed by atoms with van der Waals surface area (Å²) in [5, 5.41) is 12.2. The van der Waals surface area contributed by atoms with Gasteiger partial charge in [0.05, 0.1) is 12.2 Å². The fourth-order valence-corrected chi connectivity index (χ4v) is 4.91. The summed E-state index contributed by atoms with van der Waals surface area (Å²) in [7, 11) is 0. The highest BCUT2D eigenvalue weighted by Crippen LogP contribution is 2.57. The molecule has 0 atom stereocenters. The maximum absolute atomic E-state index is 12.3. The van der Waals surface area contributed by atoms with Gasteiger partial charge in [-0.3, -0.25) is 0 Å². The molecule has 1 aromatic rings. The lowest BCUT2D eigenvalue weighted by atomic mass is 9.51. The Morgan fingerprint density at radius 3 is 2.45 bits per heavy atom. The van der Waals surface area contributed by atoms with Crippen molar-refractivity contribution in [2.24, 2.45) is 10.8 Å². The number of rotatable bonds is 3. The van der Waals surface area contributed by atoms with Crippen LogP contribution < -0.4 is 14.8 Å². The number of alkyl carbamates (subject to hydrolysis) is 1. The molecule has 1 saturated carbocycles. The second kappa shape index (κ2) is 7.12. The van der Waals surface area contributed by atoms with Crippen LogP contribution in [0.2, 0.25) is 0 Å². The van der Waals surface area contributed by atoms with E-state index in [1.807, 2.05) is 26.8 Å². The summed E-state index contributed by atoms with van der Waals surface area (Å²) >= 11 is 0. The number of nitrogens with zero attached hydrogens (tertiary/aromatic N) is 1. The molecule has 2 aliphatic rings. The fraction of sp³-hybridized carbons (Fsp3) is 0.652. The van der Waals surface area contributed by atoms with Gasteiger partial charge in [-0.2, -0.15) is 5.26 Å². The van der Waals surface area contributed by atoms with Crippen molar-refractivity contribution in [3.63, 3.8) is 0 Å². The van der Waals surface area contributed by atoms with Gasteiger partial charge < -0.3 is 19.5 Å². The van der Waals surface area contributed by atoms with E-state index in [1.54, 1.807) is 6.07 Å². The number of nitriles is 1. The molecule has 0 aromatic heterocycles. The molecule has 1 heterocycles. The minimum Gasteiger partial charge on any atom is -0.492 e. The maximum Gasteiger partial charge on any atom is 0.407 e. The van der Waals surface area contributed by atoms with E-state index >= 15 is 0 Å². The molecule has 0 saturated heterocycles. The predicted molar refractivity (Wildman–Crippen MR) is 110 cm³/mol. The van der Waals surface area contributed by atoms with E-state index in [-0.39, 0.29) is 28.6 Å². The zero-order valence-electron chi connectivity index (χ0n) is 18.5.